The molecule has 2 aromatic carbocycles. The van der Waals surface area contributed by atoms with E-state index in [1.54, 1.807) is 0 Å². The van der Waals surface area contributed by atoms with Crippen LogP contribution in [0, 0.1) is 0 Å². The molecule has 0 aliphatic rings. The largest absolute Gasteiger partial charge is 0.310 e. The van der Waals surface area contributed by atoms with E-state index >= 15 is 0 Å². The van der Waals surface area contributed by atoms with Crippen molar-refractivity contribution in [3.05, 3.63) is 71.3 Å². The van der Waals surface area contributed by atoms with Gasteiger partial charge in [-0.15, -0.1) is 0 Å². The Bertz CT molecular complexity index is 513. The van der Waals surface area contributed by atoms with Crippen molar-refractivity contribution >= 4 is 0 Å². The smallest absolute Gasteiger partial charge is 0.0323 e. The van der Waals surface area contributed by atoms with Crippen molar-refractivity contribution in [2.45, 2.75) is 45.6 Å². The molecule has 1 heteroatoms. The molecule has 0 spiro atoms. The monoisotopic (exact) mass is 281 g/mol. The molecule has 0 aliphatic heterocycles. The quantitative estimate of drug-likeness (QED) is 0.745. The molecule has 112 valence electrons. The predicted octanol–water partition coefficient (Wildman–Crippen LogP) is 5.09. The van der Waals surface area contributed by atoms with Crippen LogP contribution in [0.1, 0.15) is 55.8 Å². The zero-order valence-electron chi connectivity index (χ0n) is 13.5. The van der Waals surface area contributed by atoms with Crippen molar-refractivity contribution in [1.29, 1.82) is 0 Å². The molecule has 0 bridgehead atoms. The molecule has 0 aliphatic carbocycles. The first kappa shape index (κ1) is 15.8. The lowest BCUT2D eigenvalue weighted by atomic mass is 9.96. The summed E-state index contributed by atoms with van der Waals surface area (Å²) in [5, 5.41) is 3.60. The minimum atomic E-state index is 0.445. The standard InChI is InChI=1S/C20H27N/c1-4-21-20(19-8-6-5-7-9-19)15-12-17-10-13-18(14-11-17)16(2)3/h5-11,13-14,16,20-21H,4,12,15H2,1-3H3. The minimum absolute atomic E-state index is 0.445. The number of hydrogen-bond acceptors (Lipinski definition) is 1. The molecule has 0 saturated carbocycles. The Morgan fingerprint density at radius 3 is 2.10 bits per heavy atom. The van der Waals surface area contributed by atoms with Crippen molar-refractivity contribution in [2.75, 3.05) is 6.54 Å². The van der Waals surface area contributed by atoms with Crippen LogP contribution in [0.5, 0.6) is 0 Å². The number of nitrogens with one attached hydrogen (secondary N) is 1. The highest BCUT2D eigenvalue weighted by Crippen LogP contribution is 2.20. The van der Waals surface area contributed by atoms with Crippen LogP contribution in [0.4, 0.5) is 0 Å². The van der Waals surface area contributed by atoms with Crippen LogP contribution in [0.25, 0.3) is 0 Å². The summed E-state index contributed by atoms with van der Waals surface area (Å²) >= 11 is 0. The third-order valence-corrected chi connectivity index (χ3v) is 4.02. The Hall–Kier alpha value is -1.60. The lowest BCUT2D eigenvalue weighted by Crippen LogP contribution is -2.21. The first-order valence-electron chi connectivity index (χ1n) is 8.08. The molecule has 0 heterocycles. The highest BCUT2D eigenvalue weighted by atomic mass is 14.9. The Morgan fingerprint density at radius 1 is 0.857 bits per heavy atom. The highest BCUT2D eigenvalue weighted by molar-refractivity contribution is 5.25. The molecule has 1 atom stereocenters. The molecule has 0 saturated heterocycles. The van der Waals surface area contributed by atoms with Crippen molar-refractivity contribution < 1.29 is 0 Å². The number of aryl methyl sites for hydroxylation is 1. The Balaban J connectivity index is 1.98. The molecule has 1 N–H and O–H groups in total. The van der Waals surface area contributed by atoms with Gasteiger partial charge in [0.05, 0.1) is 0 Å². The fraction of sp³-hybridized carbons (Fsp3) is 0.400. The Labute approximate surface area is 129 Å². The molecule has 2 rings (SSSR count). The molecule has 0 radical (unpaired) electrons. The maximum atomic E-state index is 3.60. The average molecular weight is 281 g/mol. The highest BCUT2D eigenvalue weighted by Gasteiger charge is 2.09. The summed E-state index contributed by atoms with van der Waals surface area (Å²) < 4.78 is 0. The van der Waals surface area contributed by atoms with Crippen molar-refractivity contribution in [1.82, 2.24) is 5.32 Å². The van der Waals surface area contributed by atoms with Crippen LogP contribution >= 0.6 is 0 Å². The first-order chi connectivity index (χ1) is 10.2. The second kappa shape index (κ2) is 7.99. The van der Waals surface area contributed by atoms with Gasteiger partial charge in [-0.25, -0.2) is 0 Å². The zero-order valence-corrected chi connectivity index (χ0v) is 13.5. The van der Waals surface area contributed by atoms with E-state index in [0.717, 1.165) is 19.4 Å². The topological polar surface area (TPSA) is 12.0 Å². The molecular weight excluding hydrogens is 254 g/mol. The molecule has 2 aromatic rings. The van der Waals surface area contributed by atoms with Gasteiger partial charge in [-0.3, -0.25) is 0 Å². The van der Waals surface area contributed by atoms with Gasteiger partial charge in [0, 0.05) is 6.04 Å². The molecular formula is C20H27N. The summed E-state index contributed by atoms with van der Waals surface area (Å²) in [6, 6.07) is 20.3. The predicted molar refractivity (Wildman–Crippen MR) is 91.7 cm³/mol. The van der Waals surface area contributed by atoms with Gasteiger partial charge in [0.25, 0.3) is 0 Å². The second-order valence-electron chi connectivity index (χ2n) is 5.96. The van der Waals surface area contributed by atoms with E-state index in [1.807, 2.05) is 0 Å². The van der Waals surface area contributed by atoms with E-state index in [4.69, 9.17) is 0 Å². The van der Waals surface area contributed by atoms with Gasteiger partial charge in [0.1, 0.15) is 0 Å². The lowest BCUT2D eigenvalue weighted by Gasteiger charge is -2.18. The van der Waals surface area contributed by atoms with Gasteiger partial charge in [-0.2, -0.15) is 0 Å². The maximum absolute atomic E-state index is 3.60. The molecule has 0 aromatic heterocycles. The van der Waals surface area contributed by atoms with Crippen LogP contribution in [0.15, 0.2) is 54.6 Å². The van der Waals surface area contributed by atoms with Crippen LogP contribution in [-0.2, 0) is 6.42 Å². The van der Waals surface area contributed by atoms with Gasteiger partial charge >= 0.3 is 0 Å². The SMILES string of the molecule is CCNC(CCc1ccc(C(C)C)cc1)c1ccccc1. The van der Waals surface area contributed by atoms with Crippen LogP contribution < -0.4 is 5.32 Å². The molecule has 21 heavy (non-hydrogen) atoms. The molecule has 1 unspecified atom stereocenters. The Morgan fingerprint density at radius 2 is 1.52 bits per heavy atom. The third-order valence-electron chi connectivity index (χ3n) is 4.02. The zero-order chi connectivity index (χ0) is 15.1. The fourth-order valence-corrected chi connectivity index (χ4v) is 2.70. The van der Waals surface area contributed by atoms with Crippen LogP contribution in [-0.4, -0.2) is 6.54 Å². The van der Waals surface area contributed by atoms with E-state index in [0.29, 0.717) is 12.0 Å². The van der Waals surface area contributed by atoms with Crippen molar-refractivity contribution in [3.63, 3.8) is 0 Å². The van der Waals surface area contributed by atoms with Gasteiger partial charge in [-0.1, -0.05) is 75.4 Å². The van der Waals surface area contributed by atoms with Crippen LogP contribution in [0.3, 0.4) is 0 Å². The summed E-state index contributed by atoms with van der Waals surface area (Å²) in [7, 11) is 0. The minimum Gasteiger partial charge on any atom is -0.310 e. The van der Waals surface area contributed by atoms with Gasteiger partial charge in [0.2, 0.25) is 0 Å². The summed E-state index contributed by atoms with van der Waals surface area (Å²) in [6.07, 6.45) is 2.25. The van der Waals surface area contributed by atoms with Gasteiger partial charge < -0.3 is 5.32 Å². The van der Waals surface area contributed by atoms with E-state index in [-0.39, 0.29) is 0 Å². The third kappa shape index (κ3) is 4.71. The van der Waals surface area contributed by atoms with Crippen molar-refractivity contribution in [3.8, 4) is 0 Å². The Kier molecular flexibility index (Phi) is 6.01. The van der Waals surface area contributed by atoms with E-state index in [2.05, 4.69) is 80.7 Å². The molecule has 1 nitrogen and oxygen atoms in total. The summed E-state index contributed by atoms with van der Waals surface area (Å²) in [5.41, 5.74) is 4.24. The van der Waals surface area contributed by atoms with E-state index < -0.39 is 0 Å². The van der Waals surface area contributed by atoms with E-state index in [1.165, 1.54) is 16.7 Å². The summed E-state index contributed by atoms with van der Waals surface area (Å²) in [6.45, 7) is 7.66. The maximum Gasteiger partial charge on any atom is 0.0323 e. The number of rotatable bonds is 7. The lowest BCUT2D eigenvalue weighted by molar-refractivity contribution is 0.515. The average Bonchev–Trinajstić information content (AvgIpc) is 2.52. The molecule has 0 amide bonds. The van der Waals surface area contributed by atoms with Crippen LogP contribution in [0.2, 0.25) is 0 Å². The number of benzene rings is 2. The number of hydrogen-bond donors (Lipinski definition) is 1. The normalized spacial score (nSPS) is 12.6. The van der Waals surface area contributed by atoms with Gasteiger partial charge in [0.15, 0.2) is 0 Å². The fourth-order valence-electron chi connectivity index (χ4n) is 2.70. The van der Waals surface area contributed by atoms with E-state index in [9.17, 15) is 0 Å². The summed E-state index contributed by atoms with van der Waals surface area (Å²) in [5.74, 6) is 0.609. The first-order valence-corrected chi connectivity index (χ1v) is 8.08. The van der Waals surface area contributed by atoms with Crippen molar-refractivity contribution in [2.24, 2.45) is 0 Å². The molecule has 0 fully saturated rings. The summed E-state index contributed by atoms with van der Waals surface area (Å²) in [4.78, 5) is 0. The second-order valence-corrected chi connectivity index (χ2v) is 5.96. The van der Waals surface area contributed by atoms with Gasteiger partial charge in [-0.05, 0) is 42.0 Å².